The van der Waals surface area contributed by atoms with Crippen LogP contribution in [0.3, 0.4) is 0 Å². The van der Waals surface area contributed by atoms with Gasteiger partial charge in [-0.25, -0.2) is 13.8 Å². The lowest BCUT2D eigenvalue weighted by Crippen LogP contribution is -2.47. The molecule has 1 saturated heterocycles. The van der Waals surface area contributed by atoms with E-state index >= 15 is 8.78 Å². The van der Waals surface area contributed by atoms with Gasteiger partial charge in [-0.3, -0.25) is 19.1 Å². The first-order chi connectivity index (χ1) is 19.9. The number of aromatic nitrogens is 4. The number of methoxy groups -OCH3 is 1. The number of carbonyl (C=O) groups is 1. The highest BCUT2D eigenvalue weighted by Gasteiger charge is 2.23. The van der Waals surface area contributed by atoms with Crippen LogP contribution in [0.2, 0.25) is 0 Å². The maximum Gasteiger partial charge on any atom is 0.283 e. The van der Waals surface area contributed by atoms with Crippen LogP contribution in [0.25, 0.3) is 16.7 Å². The molecule has 212 valence electrons. The van der Waals surface area contributed by atoms with Gasteiger partial charge >= 0.3 is 0 Å². The van der Waals surface area contributed by atoms with Crippen LogP contribution in [0.5, 0.6) is 0 Å². The number of hydrogen-bond acceptors (Lipinski definition) is 9. The van der Waals surface area contributed by atoms with Crippen LogP contribution in [0, 0.1) is 11.6 Å². The van der Waals surface area contributed by atoms with Crippen molar-refractivity contribution in [3.8, 4) is 5.69 Å². The molecule has 1 fully saturated rings. The van der Waals surface area contributed by atoms with Crippen molar-refractivity contribution >= 4 is 40.0 Å². The number of carbonyl (C=O) groups excluding carboxylic acids is 1. The molecule has 2 aromatic carbocycles. The highest BCUT2D eigenvalue weighted by Crippen LogP contribution is 2.29. The van der Waals surface area contributed by atoms with Crippen LogP contribution < -0.4 is 21.1 Å². The van der Waals surface area contributed by atoms with E-state index in [1.807, 2.05) is 4.90 Å². The van der Waals surface area contributed by atoms with Crippen molar-refractivity contribution in [2.45, 2.75) is 0 Å². The molecule has 1 aliphatic rings. The maximum absolute atomic E-state index is 15.2. The molecule has 13 heteroatoms. The number of fused-ring (bicyclic) bond motifs is 1. The number of benzene rings is 2. The van der Waals surface area contributed by atoms with Crippen LogP contribution in [0.4, 0.5) is 31.8 Å². The highest BCUT2D eigenvalue weighted by atomic mass is 19.2. The maximum atomic E-state index is 15.2. The number of hydrogen-bond donors (Lipinski definition) is 2. The van der Waals surface area contributed by atoms with E-state index in [1.165, 1.54) is 29.2 Å². The number of amides is 1. The average molecular weight is 563 g/mol. The van der Waals surface area contributed by atoms with Crippen LogP contribution in [-0.4, -0.2) is 76.8 Å². The summed E-state index contributed by atoms with van der Waals surface area (Å²) in [6.07, 6.45) is 3.71. The fourth-order valence-corrected chi connectivity index (χ4v) is 4.55. The minimum absolute atomic E-state index is 0.0502. The zero-order chi connectivity index (χ0) is 28.9. The van der Waals surface area contributed by atoms with E-state index in [1.54, 1.807) is 31.4 Å². The summed E-state index contributed by atoms with van der Waals surface area (Å²) < 4.78 is 37.0. The fourth-order valence-electron chi connectivity index (χ4n) is 4.55. The Balaban J connectivity index is 1.41. The molecule has 11 nitrogen and oxygen atoms in total. The van der Waals surface area contributed by atoms with Crippen LogP contribution in [0.1, 0.15) is 0 Å². The number of anilines is 4. The topological polar surface area (TPSA) is 118 Å². The zero-order valence-corrected chi connectivity index (χ0v) is 22.3. The van der Waals surface area contributed by atoms with Crippen molar-refractivity contribution in [3.63, 3.8) is 0 Å². The van der Waals surface area contributed by atoms with Gasteiger partial charge in [-0.2, -0.15) is 9.97 Å². The molecule has 2 aromatic heterocycles. The lowest BCUT2D eigenvalue weighted by Gasteiger charge is -2.36. The summed E-state index contributed by atoms with van der Waals surface area (Å²) >= 11 is 0. The van der Waals surface area contributed by atoms with Crippen molar-refractivity contribution in [3.05, 3.63) is 83.6 Å². The van der Waals surface area contributed by atoms with Gasteiger partial charge in [0.1, 0.15) is 11.7 Å². The Bertz CT molecular complexity index is 1650. The largest absolute Gasteiger partial charge is 0.383 e. The van der Waals surface area contributed by atoms with Gasteiger partial charge in [-0.05, 0) is 36.4 Å². The van der Waals surface area contributed by atoms with Gasteiger partial charge in [-0.15, -0.1) is 0 Å². The number of halogens is 2. The lowest BCUT2D eigenvalue weighted by molar-refractivity contribution is -0.111. The molecule has 4 aromatic rings. The predicted molar refractivity (Wildman–Crippen MR) is 152 cm³/mol. The van der Waals surface area contributed by atoms with Crippen LogP contribution in [-0.2, 0) is 9.53 Å². The Morgan fingerprint density at radius 1 is 1.12 bits per heavy atom. The third kappa shape index (κ3) is 6.05. The third-order valence-electron chi connectivity index (χ3n) is 6.73. The Kier molecular flexibility index (Phi) is 8.26. The Labute approximate surface area is 234 Å². The molecule has 0 saturated carbocycles. The van der Waals surface area contributed by atoms with Crippen LogP contribution >= 0.6 is 0 Å². The number of rotatable bonds is 9. The molecule has 3 heterocycles. The third-order valence-corrected chi connectivity index (χ3v) is 6.73. The zero-order valence-electron chi connectivity index (χ0n) is 22.3. The normalized spacial score (nSPS) is 13.8. The minimum atomic E-state index is -1.06. The summed E-state index contributed by atoms with van der Waals surface area (Å²) in [5.74, 6) is -2.47. The van der Waals surface area contributed by atoms with Gasteiger partial charge in [0.2, 0.25) is 11.9 Å². The lowest BCUT2D eigenvalue weighted by atomic mass is 10.2. The standard InChI is InChI=1S/C28H28F2N8O3/c1-3-23(39)33-18-5-4-6-19(15-18)38-17-32-27(40)20-16-31-28(35-26(20)38)34-21-7-8-22(25(30)24(21)29)37-11-9-36(10-12-37)13-14-41-2/h3-8,15-17H,1,9-14H2,2H3,(H,33,39)(H,31,34,35). The summed E-state index contributed by atoms with van der Waals surface area (Å²) in [6, 6.07) is 9.74. The molecule has 0 spiro atoms. The molecule has 1 aliphatic heterocycles. The first-order valence-corrected chi connectivity index (χ1v) is 12.9. The number of ether oxygens (including phenoxy) is 1. The first-order valence-electron chi connectivity index (χ1n) is 12.9. The SMILES string of the molecule is C=CC(=O)Nc1cccc(-n2cnc(=O)c3cnc(Nc4ccc(N5CCN(CCOC)CC5)c(F)c4F)nc32)c1. The minimum Gasteiger partial charge on any atom is -0.383 e. The van der Waals surface area contributed by atoms with Gasteiger partial charge < -0.3 is 20.3 Å². The summed E-state index contributed by atoms with van der Waals surface area (Å²) in [4.78, 5) is 40.6. The molecular formula is C28H28F2N8O3. The van der Waals surface area contributed by atoms with E-state index in [9.17, 15) is 9.59 Å². The molecule has 0 atom stereocenters. The number of nitrogens with zero attached hydrogens (tertiary/aromatic N) is 6. The van der Waals surface area contributed by atoms with Crippen molar-refractivity contribution in [1.82, 2.24) is 24.4 Å². The van der Waals surface area contributed by atoms with E-state index in [4.69, 9.17) is 4.74 Å². The van der Waals surface area contributed by atoms with E-state index in [2.05, 4.69) is 37.1 Å². The van der Waals surface area contributed by atoms with Crippen LogP contribution in [0.15, 0.2) is 66.4 Å². The fraction of sp³-hybridized carbons (Fsp3) is 0.250. The first kappa shape index (κ1) is 27.8. The van der Waals surface area contributed by atoms with E-state index in [0.29, 0.717) is 31.1 Å². The second-order valence-corrected chi connectivity index (χ2v) is 9.30. The monoisotopic (exact) mass is 562 g/mol. The molecule has 0 unspecified atom stereocenters. The summed E-state index contributed by atoms with van der Waals surface area (Å²) in [7, 11) is 1.65. The molecule has 0 radical (unpaired) electrons. The summed E-state index contributed by atoms with van der Waals surface area (Å²) in [5, 5.41) is 5.51. The Morgan fingerprint density at radius 2 is 1.93 bits per heavy atom. The molecule has 0 aliphatic carbocycles. The van der Waals surface area contributed by atoms with Crippen molar-refractivity contribution in [1.29, 1.82) is 0 Å². The van der Waals surface area contributed by atoms with E-state index in [0.717, 1.165) is 25.7 Å². The molecule has 2 N–H and O–H groups in total. The molecule has 5 rings (SSSR count). The second-order valence-electron chi connectivity index (χ2n) is 9.30. The molecular weight excluding hydrogens is 534 g/mol. The highest BCUT2D eigenvalue weighted by molar-refractivity contribution is 5.99. The summed E-state index contributed by atoms with van der Waals surface area (Å²) in [5.41, 5.74) is 0.684. The van der Waals surface area contributed by atoms with Crippen molar-refractivity contribution in [2.24, 2.45) is 0 Å². The number of nitrogens with one attached hydrogen (secondary N) is 2. The van der Waals surface area contributed by atoms with Gasteiger partial charge in [-0.1, -0.05) is 12.6 Å². The summed E-state index contributed by atoms with van der Waals surface area (Å²) in [6.45, 7) is 7.40. The number of piperazine rings is 1. The smallest absolute Gasteiger partial charge is 0.283 e. The molecule has 0 bridgehead atoms. The van der Waals surface area contributed by atoms with Gasteiger partial charge in [0.25, 0.3) is 5.56 Å². The van der Waals surface area contributed by atoms with E-state index in [-0.39, 0.29) is 34.3 Å². The van der Waals surface area contributed by atoms with E-state index < -0.39 is 17.2 Å². The Hall–Kier alpha value is -4.75. The predicted octanol–water partition coefficient (Wildman–Crippen LogP) is 3.09. The van der Waals surface area contributed by atoms with Crippen molar-refractivity contribution < 1.29 is 18.3 Å². The quantitative estimate of drug-likeness (QED) is 0.297. The Morgan fingerprint density at radius 3 is 2.68 bits per heavy atom. The molecule has 1 amide bonds. The second kappa shape index (κ2) is 12.2. The van der Waals surface area contributed by atoms with Gasteiger partial charge in [0.15, 0.2) is 17.3 Å². The van der Waals surface area contributed by atoms with Gasteiger partial charge in [0.05, 0.1) is 23.7 Å². The van der Waals surface area contributed by atoms with Gasteiger partial charge in [0, 0.05) is 51.7 Å². The molecule has 41 heavy (non-hydrogen) atoms. The average Bonchev–Trinajstić information content (AvgIpc) is 2.99. The van der Waals surface area contributed by atoms with Crippen molar-refractivity contribution in [2.75, 3.05) is 62.0 Å².